The molecular weight excluding hydrogens is 426 g/mol. The van der Waals surface area contributed by atoms with Gasteiger partial charge < -0.3 is 10.2 Å². The van der Waals surface area contributed by atoms with Gasteiger partial charge in [0, 0.05) is 28.2 Å². The number of amides is 2. The largest absolute Gasteiger partial charge is 0.352 e. The first-order chi connectivity index (χ1) is 14.3. The van der Waals surface area contributed by atoms with Crippen molar-refractivity contribution in [3.8, 4) is 0 Å². The molecule has 0 aliphatic carbocycles. The Morgan fingerprint density at radius 3 is 2.23 bits per heavy atom. The van der Waals surface area contributed by atoms with Crippen molar-refractivity contribution in [1.82, 2.24) is 10.2 Å². The summed E-state index contributed by atoms with van der Waals surface area (Å²) in [4.78, 5) is 27.6. The zero-order chi connectivity index (χ0) is 22.3. The first kappa shape index (κ1) is 24.2. The second kappa shape index (κ2) is 11.3. The van der Waals surface area contributed by atoms with Crippen molar-refractivity contribution in [1.29, 1.82) is 0 Å². The Morgan fingerprint density at radius 1 is 1.03 bits per heavy atom. The lowest BCUT2D eigenvalue weighted by Crippen LogP contribution is -2.51. The van der Waals surface area contributed by atoms with Crippen LogP contribution in [0.25, 0.3) is 0 Å². The number of carbonyl (C=O) groups excluding carboxylic acids is 2. The number of halogens is 3. The van der Waals surface area contributed by atoms with E-state index >= 15 is 0 Å². The number of rotatable bonds is 9. The van der Waals surface area contributed by atoms with E-state index in [-0.39, 0.29) is 36.4 Å². The van der Waals surface area contributed by atoms with Crippen LogP contribution in [-0.4, -0.2) is 28.8 Å². The number of hydrogen-bond donors (Lipinski definition) is 1. The molecule has 1 N–H and O–H groups in total. The molecule has 162 valence electrons. The Labute approximate surface area is 187 Å². The van der Waals surface area contributed by atoms with Crippen LogP contribution in [0, 0.1) is 5.82 Å². The molecule has 0 fully saturated rings. The summed E-state index contributed by atoms with van der Waals surface area (Å²) in [6, 6.07) is 10.4. The highest BCUT2D eigenvalue weighted by Crippen LogP contribution is 2.27. The van der Waals surface area contributed by atoms with Gasteiger partial charge in [0.1, 0.15) is 11.9 Å². The Kier molecular flexibility index (Phi) is 9.12. The average Bonchev–Trinajstić information content (AvgIpc) is 2.71. The van der Waals surface area contributed by atoms with E-state index in [1.807, 2.05) is 20.8 Å². The monoisotopic (exact) mass is 452 g/mol. The van der Waals surface area contributed by atoms with Crippen LogP contribution in [-0.2, 0) is 22.6 Å². The predicted octanol–water partition coefficient (Wildman–Crippen LogP) is 5.40. The van der Waals surface area contributed by atoms with E-state index in [9.17, 15) is 14.0 Å². The summed E-state index contributed by atoms with van der Waals surface area (Å²) in [6.07, 6.45) is 0.997. The van der Waals surface area contributed by atoms with Gasteiger partial charge in [-0.2, -0.15) is 0 Å². The third-order valence-electron chi connectivity index (χ3n) is 5.08. The van der Waals surface area contributed by atoms with Gasteiger partial charge in [-0.3, -0.25) is 9.59 Å². The third-order valence-corrected chi connectivity index (χ3v) is 5.78. The Hall–Kier alpha value is -2.11. The van der Waals surface area contributed by atoms with E-state index in [0.717, 1.165) is 6.42 Å². The lowest BCUT2D eigenvalue weighted by atomic mass is 10.1. The predicted molar refractivity (Wildman–Crippen MR) is 119 cm³/mol. The van der Waals surface area contributed by atoms with Crippen LogP contribution in [0.1, 0.15) is 44.7 Å². The molecule has 0 unspecified atom stereocenters. The first-order valence-electron chi connectivity index (χ1n) is 10.0. The summed E-state index contributed by atoms with van der Waals surface area (Å²) in [6.45, 7) is 5.76. The van der Waals surface area contributed by atoms with Crippen LogP contribution in [0.5, 0.6) is 0 Å². The van der Waals surface area contributed by atoms with Crippen molar-refractivity contribution in [2.45, 2.75) is 58.7 Å². The van der Waals surface area contributed by atoms with Crippen molar-refractivity contribution in [3.05, 3.63) is 69.5 Å². The van der Waals surface area contributed by atoms with Crippen LogP contribution in [0.4, 0.5) is 4.39 Å². The fourth-order valence-corrected chi connectivity index (χ4v) is 3.64. The number of hydrogen-bond acceptors (Lipinski definition) is 2. The molecule has 2 aromatic rings. The third kappa shape index (κ3) is 6.19. The van der Waals surface area contributed by atoms with Crippen LogP contribution < -0.4 is 5.32 Å². The highest BCUT2D eigenvalue weighted by molar-refractivity contribution is 6.36. The lowest BCUT2D eigenvalue weighted by molar-refractivity contribution is -0.141. The number of nitrogens with one attached hydrogen (secondary N) is 1. The maximum Gasteiger partial charge on any atom is 0.243 e. The molecule has 0 saturated heterocycles. The summed E-state index contributed by atoms with van der Waals surface area (Å²) in [7, 11) is 0. The molecule has 7 heteroatoms. The quantitative estimate of drug-likeness (QED) is 0.553. The lowest BCUT2D eigenvalue weighted by Gasteiger charge is -2.32. The van der Waals surface area contributed by atoms with Gasteiger partial charge in [-0.15, -0.1) is 0 Å². The van der Waals surface area contributed by atoms with Crippen LogP contribution >= 0.6 is 23.2 Å². The molecule has 2 rings (SSSR count). The summed E-state index contributed by atoms with van der Waals surface area (Å²) >= 11 is 12.6. The Morgan fingerprint density at radius 2 is 1.67 bits per heavy atom. The summed E-state index contributed by atoms with van der Waals surface area (Å²) in [5.41, 5.74) is 0.826. The van der Waals surface area contributed by atoms with Crippen LogP contribution in [0.15, 0.2) is 42.5 Å². The van der Waals surface area contributed by atoms with Crippen molar-refractivity contribution in [3.63, 3.8) is 0 Å². The zero-order valence-electron chi connectivity index (χ0n) is 17.4. The normalized spacial score (nSPS) is 12.9. The van der Waals surface area contributed by atoms with Crippen LogP contribution in [0.2, 0.25) is 10.0 Å². The molecule has 0 aliphatic heterocycles. The van der Waals surface area contributed by atoms with Gasteiger partial charge in [-0.05, 0) is 43.5 Å². The molecule has 0 saturated carbocycles. The van der Waals surface area contributed by atoms with Gasteiger partial charge in [-0.25, -0.2) is 4.39 Å². The van der Waals surface area contributed by atoms with Crippen molar-refractivity contribution in [2.24, 2.45) is 0 Å². The van der Waals surface area contributed by atoms with Gasteiger partial charge in [0.2, 0.25) is 11.8 Å². The molecule has 0 bridgehead atoms. The number of carbonyl (C=O) groups is 2. The first-order valence-corrected chi connectivity index (χ1v) is 10.8. The van der Waals surface area contributed by atoms with E-state index in [0.29, 0.717) is 22.0 Å². The highest BCUT2D eigenvalue weighted by atomic mass is 35.5. The summed E-state index contributed by atoms with van der Waals surface area (Å²) in [5.74, 6) is -1.09. The minimum atomic E-state index is -0.731. The smallest absolute Gasteiger partial charge is 0.243 e. The molecular formula is C23H27Cl2FN2O2. The molecule has 0 radical (unpaired) electrons. The molecule has 2 atom stereocenters. The maximum absolute atomic E-state index is 14.1. The Balaban J connectivity index is 2.38. The highest BCUT2D eigenvalue weighted by Gasteiger charge is 2.30. The van der Waals surface area contributed by atoms with Gasteiger partial charge in [0.25, 0.3) is 0 Å². The number of nitrogens with zero attached hydrogens (tertiary/aromatic N) is 1. The van der Waals surface area contributed by atoms with Gasteiger partial charge in [0.15, 0.2) is 0 Å². The maximum atomic E-state index is 14.1. The summed E-state index contributed by atoms with van der Waals surface area (Å²) in [5, 5.41) is 3.75. The second-order valence-electron chi connectivity index (χ2n) is 7.23. The molecule has 0 spiro atoms. The fraction of sp³-hybridized carbons (Fsp3) is 0.391. The minimum absolute atomic E-state index is 0.0287. The van der Waals surface area contributed by atoms with E-state index in [4.69, 9.17) is 23.2 Å². The molecule has 0 heterocycles. The Bertz CT molecular complexity index is 871. The van der Waals surface area contributed by atoms with E-state index in [1.165, 1.54) is 11.0 Å². The van der Waals surface area contributed by atoms with Crippen molar-refractivity contribution < 1.29 is 14.0 Å². The molecule has 2 amide bonds. The molecule has 0 aromatic heterocycles. The molecule has 4 nitrogen and oxygen atoms in total. The topological polar surface area (TPSA) is 49.4 Å². The number of benzene rings is 2. The fourth-order valence-electron chi connectivity index (χ4n) is 3.12. The zero-order valence-corrected chi connectivity index (χ0v) is 18.9. The molecule has 30 heavy (non-hydrogen) atoms. The van der Waals surface area contributed by atoms with Gasteiger partial charge in [-0.1, -0.05) is 61.3 Å². The van der Waals surface area contributed by atoms with Gasteiger partial charge in [0.05, 0.1) is 6.42 Å². The molecule has 0 aliphatic rings. The van der Waals surface area contributed by atoms with E-state index in [1.54, 1.807) is 36.4 Å². The van der Waals surface area contributed by atoms with E-state index in [2.05, 4.69) is 5.32 Å². The minimum Gasteiger partial charge on any atom is -0.352 e. The SMILES string of the molecule is CC[C@H](C)NC(=O)[C@H](CC)N(Cc1c(Cl)cccc1Cl)C(=O)Cc1ccccc1F. The van der Waals surface area contributed by atoms with Crippen LogP contribution in [0.3, 0.4) is 0 Å². The van der Waals surface area contributed by atoms with Crippen molar-refractivity contribution in [2.75, 3.05) is 0 Å². The van der Waals surface area contributed by atoms with Gasteiger partial charge >= 0.3 is 0 Å². The summed E-state index contributed by atoms with van der Waals surface area (Å²) < 4.78 is 14.1. The van der Waals surface area contributed by atoms with E-state index < -0.39 is 11.9 Å². The second-order valence-corrected chi connectivity index (χ2v) is 8.05. The standard InChI is InChI=1S/C23H27Cl2FN2O2/c1-4-15(3)27-23(30)21(5-2)28(14-17-18(24)10-8-11-19(17)25)22(29)13-16-9-6-7-12-20(16)26/h6-12,15,21H,4-5,13-14H2,1-3H3,(H,27,30)/t15-,21-/m0/s1. The van der Waals surface area contributed by atoms with Crippen molar-refractivity contribution >= 4 is 35.0 Å². The average molecular weight is 453 g/mol. The molecule has 2 aromatic carbocycles.